The van der Waals surface area contributed by atoms with Crippen LogP contribution < -0.4 is 10.7 Å². The van der Waals surface area contributed by atoms with Crippen molar-refractivity contribution < 1.29 is 14.0 Å². The second-order valence-corrected chi connectivity index (χ2v) is 6.18. The minimum absolute atomic E-state index is 0.216. The molecule has 26 heavy (non-hydrogen) atoms. The summed E-state index contributed by atoms with van der Waals surface area (Å²) in [5.41, 5.74) is 4.30. The zero-order chi connectivity index (χ0) is 18.4. The van der Waals surface area contributed by atoms with Crippen molar-refractivity contribution in [2.24, 2.45) is 5.10 Å². The molecule has 0 aliphatic heterocycles. The molecule has 1 aromatic heterocycles. The minimum atomic E-state index is -0.356. The summed E-state index contributed by atoms with van der Waals surface area (Å²) in [4.78, 5) is 24.0. The van der Waals surface area contributed by atoms with Crippen LogP contribution >= 0.6 is 15.9 Å². The fraction of sp³-hybridized carbons (Fsp3) is 0. The summed E-state index contributed by atoms with van der Waals surface area (Å²) < 4.78 is 5.95. The molecule has 0 aliphatic rings. The van der Waals surface area contributed by atoms with Crippen LogP contribution in [0.3, 0.4) is 0 Å². The first-order valence-electron chi connectivity index (χ1n) is 7.66. The van der Waals surface area contributed by atoms with Crippen molar-refractivity contribution in [1.82, 2.24) is 5.43 Å². The van der Waals surface area contributed by atoms with Crippen LogP contribution in [0.2, 0.25) is 0 Å². The predicted molar refractivity (Wildman–Crippen MR) is 102 cm³/mol. The number of nitrogens with zero attached hydrogens (tertiary/aromatic N) is 1. The van der Waals surface area contributed by atoms with Gasteiger partial charge in [-0.05, 0) is 54.1 Å². The molecule has 0 fully saturated rings. The van der Waals surface area contributed by atoms with E-state index in [9.17, 15) is 9.59 Å². The molecular weight excluding hydrogens is 398 g/mol. The van der Waals surface area contributed by atoms with Crippen molar-refractivity contribution in [2.75, 3.05) is 5.32 Å². The summed E-state index contributed by atoms with van der Waals surface area (Å²) in [6, 6.07) is 17.2. The molecule has 0 aliphatic carbocycles. The van der Waals surface area contributed by atoms with Gasteiger partial charge in [-0.15, -0.1) is 0 Å². The molecule has 3 rings (SSSR count). The summed E-state index contributed by atoms with van der Waals surface area (Å²) in [6.07, 6.45) is 2.98. The van der Waals surface area contributed by atoms with Crippen LogP contribution in [0.4, 0.5) is 5.69 Å². The Labute approximate surface area is 158 Å². The Balaban J connectivity index is 1.57. The monoisotopic (exact) mass is 411 g/mol. The Kier molecular flexibility index (Phi) is 5.60. The molecular formula is C19H14BrN3O3. The third kappa shape index (κ3) is 4.67. The van der Waals surface area contributed by atoms with E-state index in [1.807, 2.05) is 24.3 Å². The predicted octanol–water partition coefficient (Wildman–Crippen LogP) is 4.06. The number of hydrazone groups is 1. The van der Waals surface area contributed by atoms with Crippen LogP contribution in [0.25, 0.3) is 0 Å². The van der Waals surface area contributed by atoms with Gasteiger partial charge in [0, 0.05) is 15.7 Å². The molecule has 3 aromatic rings. The summed E-state index contributed by atoms with van der Waals surface area (Å²) >= 11 is 3.37. The Morgan fingerprint density at radius 1 is 1.00 bits per heavy atom. The highest BCUT2D eigenvalue weighted by molar-refractivity contribution is 9.10. The molecule has 0 radical (unpaired) electrons. The lowest BCUT2D eigenvalue weighted by atomic mass is 10.2. The van der Waals surface area contributed by atoms with Crippen LogP contribution in [0.15, 0.2) is 80.9 Å². The minimum Gasteiger partial charge on any atom is -0.459 e. The van der Waals surface area contributed by atoms with Crippen molar-refractivity contribution in [3.63, 3.8) is 0 Å². The van der Waals surface area contributed by atoms with Gasteiger partial charge in [0.1, 0.15) is 0 Å². The Morgan fingerprint density at radius 2 is 1.81 bits per heavy atom. The number of carbonyl (C=O) groups excluding carboxylic acids is 2. The van der Waals surface area contributed by atoms with Crippen LogP contribution in [-0.2, 0) is 0 Å². The van der Waals surface area contributed by atoms with Crippen molar-refractivity contribution in [2.45, 2.75) is 0 Å². The number of carbonyl (C=O) groups is 2. The molecule has 0 unspecified atom stereocenters. The van der Waals surface area contributed by atoms with Gasteiger partial charge in [-0.25, -0.2) is 5.43 Å². The first kappa shape index (κ1) is 17.6. The SMILES string of the molecule is O=C(N/N=C\c1cccc(Br)c1)c1ccc(NC(=O)c2ccco2)cc1. The zero-order valence-corrected chi connectivity index (χ0v) is 15.1. The number of halogens is 1. The average molecular weight is 412 g/mol. The van der Waals surface area contributed by atoms with Gasteiger partial charge in [-0.1, -0.05) is 28.1 Å². The molecule has 2 aromatic carbocycles. The van der Waals surface area contributed by atoms with Crippen LogP contribution in [-0.4, -0.2) is 18.0 Å². The Bertz CT molecular complexity index is 935. The second-order valence-electron chi connectivity index (χ2n) is 5.26. The number of amides is 2. The normalized spacial score (nSPS) is 10.7. The van der Waals surface area contributed by atoms with E-state index < -0.39 is 0 Å². The highest BCUT2D eigenvalue weighted by Crippen LogP contribution is 2.12. The van der Waals surface area contributed by atoms with Crippen LogP contribution in [0.1, 0.15) is 26.5 Å². The molecule has 0 bridgehead atoms. The zero-order valence-electron chi connectivity index (χ0n) is 13.5. The molecule has 0 saturated heterocycles. The summed E-state index contributed by atoms with van der Waals surface area (Å²) in [5.74, 6) is -0.486. The molecule has 0 saturated carbocycles. The third-order valence-electron chi connectivity index (χ3n) is 3.38. The number of anilines is 1. The van der Waals surface area contributed by atoms with Crippen molar-refractivity contribution in [3.8, 4) is 0 Å². The fourth-order valence-corrected chi connectivity index (χ4v) is 2.54. The van der Waals surface area contributed by atoms with Crippen molar-refractivity contribution in [3.05, 3.63) is 88.3 Å². The smallest absolute Gasteiger partial charge is 0.291 e. The van der Waals surface area contributed by atoms with E-state index in [1.165, 1.54) is 6.26 Å². The van der Waals surface area contributed by atoms with E-state index in [-0.39, 0.29) is 17.6 Å². The van der Waals surface area contributed by atoms with E-state index in [0.717, 1.165) is 10.0 Å². The van der Waals surface area contributed by atoms with E-state index in [4.69, 9.17) is 4.42 Å². The first-order chi connectivity index (χ1) is 12.6. The van der Waals surface area contributed by atoms with Gasteiger partial charge in [0.15, 0.2) is 5.76 Å². The lowest BCUT2D eigenvalue weighted by molar-refractivity contribution is 0.0954. The van der Waals surface area contributed by atoms with Gasteiger partial charge in [0.25, 0.3) is 11.8 Å². The Morgan fingerprint density at radius 3 is 2.50 bits per heavy atom. The van der Waals surface area contributed by atoms with Crippen LogP contribution in [0.5, 0.6) is 0 Å². The highest BCUT2D eigenvalue weighted by Gasteiger charge is 2.09. The Hall–Kier alpha value is -3.19. The van der Waals surface area contributed by atoms with Crippen molar-refractivity contribution >= 4 is 39.6 Å². The van der Waals surface area contributed by atoms with Gasteiger partial charge >= 0.3 is 0 Å². The number of hydrogen-bond donors (Lipinski definition) is 2. The second kappa shape index (κ2) is 8.26. The lowest BCUT2D eigenvalue weighted by Gasteiger charge is -2.04. The summed E-state index contributed by atoms with van der Waals surface area (Å²) in [7, 11) is 0. The molecule has 2 amide bonds. The number of nitrogens with one attached hydrogen (secondary N) is 2. The maximum atomic E-state index is 12.1. The van der Waals surface area contributed by atoms with Gasteiger partial charge < -0.3 is 9.73 Å². The number of furan rings is 1. The number of rotatable bonds is 5. The lowest BCUT2D eigenvalue weighted by Crippen LogP contribution is -2.17. The van der Waals surface area contributed by atoms with E-state index >= 15 is 0 Å². The van der Waals surface area contributed by atoms with E-state index in [2.05, 4.69) is 31.8 Å². The van der Waals surface area contributed by atoms with Gasteiger partial charge in [0.05, 0.1) is 12.5 Å². The largest absolute Gasteiger partial charge is 0.459 e. The van der Waals surface area contributed by atoms with E-state index in [0.29, 0.717) is 11.3 Å². The van der Waals surface area contributed by atoms with Gasteiger partial charge in [-0.2, -0.15) is 5.10 Å². The quantitative estimate of drug-likeness (QED) is 0.490. The molecule has 7 heteroatoms. The molecule has 0 atom stereocenters. The van der Waals surface area contributed by atoms with Crippen molar-refractivity contribution in [1.29, 1.82) is 0 Å². The fourth-order valence-electron chi connectivity index (χ4n) is 2.12. The van der Waals surface area contributed by atoms with E-state index in [1.54, 1.807) is 42.6 Å². The maximum absolute atomic E-state index is 12.1. The summed E-state index contributed by atoms with van der Waals surface area (Å²) in [6.45, 7) is 0. The molecule has 130 valence electrons. The molecule has 0 spiro atoms. The molecule has 6 nitrogen and oxygen atoms in total. The maximum Gasteiger partial charge on any atom is 0.291 e. The highest BCUT2D eigenvalue weighted by atomic mass is 79.9. The van der Waals surface area contributed by atoms with Crippen LogP contribution in [0, 0.1) is 0 Å². The first-order valence-corrected chi connectivity index (χ1v) is 8.45. The summed E-state index contributed by atoms with van der Waals surface area (Å²) in [5, 5.41) is 6.62. The standard InChI is InChI=1S/C19H14BrN3O3/c20-15-4-1-3-13(11-15)12-21-23-18(24)14-6-8-16(9-7-14)22-19(25)17-5-2-10-26-17/h1-12H,(H,22,25)(H,23,24)/b21-12-. The topological polar surface area (TPSA) is 83.7 Å². The molecule has 1 heterocycles. The third-order valence-corrected chi connectivity index (χ3v) is 3.87. The average Bonchev–Trinajstić information content (AvgIpc) is 3.17. The number of benzene rings is 2. The van der Waals surface area contributed by atoms with Gasteiger partial charge in [-0.3, -0.25) is 9.59 Å². The van der Waals surface area contributed by atoms with Gasteiger partial charge in [0.2, 0.25) is 0 Å². The number of hydrogen-bond acceptors (Lipinski definition) is 4. The molecule has 2 N–H and O–H groups in total.